The molecule has 0 unspecified atom stereocenters. The lowest BCUT2D eigenvalue weighted by atomic mass is 10.1. The summed E-state index contributed by atoms with van der Waals surface area (Å²) in [6, 6.07) is 0. The van der Waals surface area contributed by atoms with Gasteiger partial charge in [0.2, 0.25) is 5.91 Å². The van der Waals surface area contributed by atoms with Crippen molar-refractivity contribution in [2.45, 2.75) is 45.7 Å². The summed E-state index contributed by atoms with van der Waals surface area (Å²) in [6.07, 6.45) is 2.58. The largest absolute Gasteiger partial charge is 0.462 e. The summed E-state index contributed by atoms with van der Waals surface area (Å²) in [7, 11) is 1.51. The summed E-state index contributed by atoms with van der Waals surface area (Å²) >= 11 is 2.53. The van der Waals surface area contributed by atoms with Crippen LogP contribution in [0.4, 0.5) is 5.00 Å². The molecular weight excluding hydrogens is 424 g/mol. The molecule has 2 rings (SSSR count). The van der Waals surface area contributed by atoms with Crippen LogP contribution in [0.2, 0.25) is 0 Å². The van der Waals surface area contributed by atoms with Gasteiger partial charge in [0.1, 0.15) is 5.00 Å². The Bertz CT molecular complexity index is 949. The van der Waals surface area contributed by atoms with E-state index in [0.29, 0.717) is 27.0 Å². The molecule has 10 heteroatoms. The van der Waals surface area contributed by atoms with E-state index in [-0.39, 0.29) is 30.4 Å². The Hall–Kier alpha value is -2.46. The van der Waals surface area contributed by atoms with Crippen LogP contribution in [0.3, 0.4) is 0 Å². The van der Waals surface area contributed by atoms with Gasteiger partial charge in [-0.1, -0.05) is 11.8 Å². The highest BCUT2D eigenvalue weighted by Crippen LogP contribution is 2.34. The molecular formula is C20H26N4O4S2. The topological polar surface area (TPSA) is 110 Å². The Morgan fingerprint density at radius 2 is 1.77 bits per heavy atom. The number of thioether (sulfide) groups is 1. The number of nitrogens with zero attached hydrogens (tertiary/aromatic N) is 2. The summed E-state index contributed by atoms with van der Waals surface area (Å²) in [5.41, 5.74) is 3.33. The van der Waals surface area contributed by atoms with E-state index in [1.165, 1.54) is 18.8 Å². The quantitative estimate of drug-likeness (QED) is 0.361. The van der Waals surface area contributed by atoms with Crippen molar-refractivity contribution in [3.63, 3.8) is 0 Å². The number of carbonyl (C=O) groups excluding carboxylic acids is 3. The van der Waals surface area contributed by atoms with E-state index < -0.39 is 5.97 Å². The van der Waals surface area contributed by atoms with E-state index in [2.05, 4.69) is 20.6 Å². The molecule has 0 aromatic carbocycles. The molecule has 2 aromatic rings. The maximum Gasteiger partial charge on any atom is 0.341 e. The molecule has 30 heavy (non-hydrogen) atoms. The summed E-state index contributed by atoms with van der Waals surface area (Å²) < 4.78 is 5.11. The first-order valence-corrected chi connectivity index (χ1v) is 11.5. The average molecular weight is 451 g/mol. The third-order valence-corrected chi connectivity index (χ3v) is 6.25. The summed E-state index contributed by atoms with van der Waals surface area (Å²) in [4.78, 5) is 46.4. The SMILES string of the molecule is CCOC(=O)c1c(NC(=O)CCc2c(C)nc(SC)nc2C)sc(C(=O)NC)c1C. The van der Waals surface area contributed by atoms with Gasteiger partial charge in [0.15, 0.2) is 5.16 Å². The monoisotopic (exact) mass is 450 g/mol. The maximum absolute atomic E-state index is 12.6. The fourth-order valence-corrected chi connectivity index (χ4v) is 4.58. The maximum atomic E-state index is 12.6. The second-order valence-electron chi connectivity index (χ2n) is 6.47. The van der Waals surface area contributed by atoms with E-state index in [1.807, 2.05) is 20.1 Å². The summed E-state index contributed by atoms with van der Waals surface area (Å²) in [5.74, 6) is -1.15. The molecule has 2 amide bonds. The van der Waals surface area contributed by atoms with E-state index in [4.69, 9.17) is 4.74 Å². The first-order chi connectivity index (χ1) is 14.2. The minimum absolute atomic E-state index is 0.193. The number of aryl methyl sites for hydroxylation is 2. The highest BCUT2D eigenvalue weighted by molar-refractivity contribution is 7.98. The van der Waals surface area contributed by atoms with Crippen LogP contribution in [0.15, 0.2) is 5.16 Å². The Morgan fingerprint density at radius 3 is 2.30 bits per heavy atom. The predicted molar refractivity (Wildman–Crippen MR) is 119 cm³/mol. The smallest absolute Gasteiger partial charge is 0.341 e. The van der Waals surface area contributed by atoms with E-state index in [0.717, 1.165) is 28.3 Å². The zero-order valence-corrected chi connectivity index (χ0v) is 19.6. The third kappa shape index (κ3) is 5.37. The van der Waals surface area contributed by atoms with Crippen LogP contribution in [-0.2, 0) is 16.0 Å². The summed E-state index contributed by atoms with van der Waals surface area (Å²) in [5, 5.41) is 6.34. The van der Waals surface area contributed by atoms with Gasteiger partial charge in [0, 0.05) is 24.9 Å². The zero-order chi connectivity index (χ0) is 22.4. The Balaban J connectivity index is 2.22. The predicted octanol–water partition coefficient (Wildman–Crippen LogP) is 3.29. The number of amides is 2. The van der Waals surface area contributed by atoms with E-state index in [1.54, 1.807) is 13.8 Å². The molecule has 2 aromatic heterocycles. The fraction of sp³-hybridized carbons (Fsp3) is 0.450. The van der Waals surface area contributed by atoms with Gasteiger partial charge in [-0.05, 0) is 51.5 Å². The van der Waals surface area contributed by atoms with Crippen molar-refractivity contribution < 1.29 is 19.1 Å². The van der Waals surface area contributed by atoms with Gasteiger partial charge in [-0.25, -0.2) is 14.8 Å². The number of aromatic nitrogens is 2. The van der Waals surface area contributed by atoms with Crippen molar-refractivity contribution in [3.8, 4) is 0 Å². The minimum atomic E-state index is -0.565. The highest BCUT2D eigenvalue weighted by Gasteiger charge is 2.26. The van der Waals surface area contributed by atoms with Crippen LogP contribution in [0.5, 0.6) is 0 Å². The third-order valence-electron chi connectivity index (χ3n) is 4.50. The zero-order valence-electron chi connectivity index (χ0n) is 18.0. The molecule has 0 aliphatic rings. The number of hydrogen-bond acceptors (Lipinski definition) is 8. The highest BCUT2D eigenvalue weighted by atomic mass is 32.2. The lowest BCUT2D eigenvalue weighted by Crippen LogP contribution is -2.18. The lowest BCUT2D eigenvalue weighted by molar-refractivity contribution is -0.116. The van der Waals surface area contributed by atoms with Crippen LogP contribution in [0.1, 0.15) is 55.9 Å². The number of rotatable bonds is 8. The van der Waals surface area contributed by atoms with Crippen molar-refractivity contribution >= 4 is 45.9 Å². The number of anilines is 1. The first kappa shape index (κ1) is 23.8. The van der Waals surface area contributed by atoms with Gasteiger partial charge in [-0.3, -0.25) is 9.59 Å². The van der Waals surface area contributed by atoms with Crippen molar-refractivity contribution in [2.75, 3.05) is 25.2 Å². The Labute approximate surface area is 184 Å². The standard InChI is InChI=1S/C20H26N4O4S2/c1-7-28-19(27)15-10(2)16(17(26)21-5)30-18(15)24-14(25)9-8-13-11(3)22-20(29-6)23-12(13)4/h7-9H2,1-6H3,(H,21,26)(H,24,25). The van der Waals surface area contributed by atoms with Crippen molar-refractivity contribution in [1.29, 1.82) is 0 Å². The molecule has 8 nitrogen and oxygen atoms in total. The van der Waals surface area contributed by atoms with Crippen LogP contribution >= 0.6 is 23.1 Å². The normalized spacial score (nSPS) is 10.6. The van der Waals surface area contributed by atoms with E-state index in [9.17, 15) is 14.4 Å². The van der Waals surface area contributed by atoms with Crippen molar-refractivity contribution in [1.82, 2.24) is 15.3 Å². The molecule has 0 spiro atoms. The van der Waals surface area contributed by atoms with Crippen LogP contribution < -0.4 is 10.6 Å². The van der Waals surface area contributed by atoms with Gasteiger partial charge in [0.25, 0.3) is 5.91 Å². The Kier molecular flexibility index (Phi) is 8.36. The van der Waals surface area contributed by atoms with E-state index >= 15 is 0 Å². The van der Waals surface area contributed by atoms with Crippen molar-refractivity contribution in [3.05, 3.63) is 33.0 Å². The molecule has 2 N–H and O–H groups in total. The molecule has 0 fully saturated rings. The molecule has 0 bridgehead atoms. The van der Waals surface area contributed by atoms with Crippen LogP contribution in [0, 0.1) is 20.8 Å². The lowest BCUT2D eigenvalue weighted by Gasteiger charge is -2.10. The molecule has 0 atom stereocenters. The number of thiophene rings is 1. The molecule has 0 saturated heterocycles. The van der Waals surface area contributed by atoms with Crippen LogP contribution in [-0.4, -0.2) is 47.7 Å². The summed E-state index contributed by atoms with van der Waals surface area (Å²) in [6.45, 7) is 7.37. The van der Waals surface area contributed by atoms with Gasteiger partial charge in [-0.15, -0.1) is 11.3 Å². The number of ether oxygens (including phenoxy) is 1. The van der Waals surface area contributed by atoms with Gasteiger partial charge in [0.05, 0.1) is 17.0 Å². The number of esters is 1. The number of carbonyl (C=O) groups is 3. The minimum Gasteiger partial charge on any atom is -0.462 e. The second kappa shape index (κ2) is 10.5. The molecule has 0 aliphatic heterocycles. The molecule has 2 heterocycles. The average Bonchev–Trinajstić information content (AvgIpc) is 3.02. The first-order valence-electron chi connectivity index (χ1n) is 9.43. The molecule has 0 saturated carbocycles. The van der Waals surface area contributed by atoms with Crippen LogP contribution in [0.25, 0.3) is 0 Å². The second-order valence-corrected chi connectivity index (χ2v) is 8.26. The number of hydrogen-bond donors (Lipinski definition) is 2. The van der Waals surface area contributed by atoms with Crippen molar-refractivity contribution in [2.24, 2.45) is 0 Å². The van der Waals surface area contributed by atoms with Gasteiger partial charge < -0.3 is 15.4 Å². The fourth-order valence-electron chi connectivity index (χ4n) is 2.97. The molecule has 0 aliphatic carbocycles. The molecule has 162 valence electrons. The molecule has 0 radical (unpaired) electrons. The number of nitrogens with one attached hydrogen (secondary N) is 2. The van der Waals surface area contributed by atoms with Gasteiger partial charge >= 0.3 is 5.97 Å². The van der Waals surface area contributed by atoms with Gasteiger partial charge in [-0.2, -0.15) is 0 Å². The Morgan fingerprint density at radius 1 is 1.13 bits per heavy atom.